The van der Waals surface area contributed by atoms with E-state index in [1.165, 1.54) is 6.07 Å². The van der Waals surface area contributed by atoms with Crippen molar-refractivity contribution in [3.63, 3.8) is 0 Å². The molecular weight excluding hydrogens is 290 g/mol. The van der Waals surface area contributed by atoms with E-state index in [0.717, 1.165) is 12.1 Å². The molecule has 124 valence electrons. The van der Waals surface area contributed by atoms with Gasteiger partial charge in [-0.3, -0.25) is 0 Å². The largest absolute Gasteiger partial charge is 0.444 e. The molecule has 2 N–H and O–H groups in total. The van der Waals surface area contributed by atoms with Crippen LogP contribution < -0.4 is 10.6 Å². The third-order valence-corrected chi connectivity index (χ3v) is 2.72. The molecule has 0 aromatic heterocycles. The second-order valence-corrected chi connectivity index (χ2v) is 6.86. The van der Waals surface area contributed by atoms with E-state index < -0.39 is 28.9 Å². The first-order valence-corrected chi connectivity index (χ1v) is 7.14. The summed E-state index contributed by atoms with van der Waals surface area (Å²) in [4.78, 5) is 11.7. The second-order valence-electron chi connectivity index (χ2n) is 6.86. The number of ether oxygens (including phenoxy) is 1. The molecule has 1 amide bonds. The van der Waals surface area contributed by atoms with Crippen molar-refractivity contribution in [2.75, 3.05) is 6.54 Å². The number of nitrogens with one attached hydrogen (secondary N) is 2. The summed E-state index contributed by atoms with van der Waals surface area (Å²) in [7, 11) is 0. The van der Waals surface area contributed by atoms with Crippen molar-refractivity contribution in [1.29, 1.82) is 0 Å². The van der Waals surface area contributed by atoms with E-state index in [1.807, 2.05) is 13.8 Å². The van der Waals surface area contributed by atoms with Crippen molar-refractivity contribution in [3.8, 4) is 0 Å². The average molecular weight is 314 g/mol. The van der Waals surface area contributed by atoms with Gasteiger partial charge >= 0.3 is 6.09 Å². The summed E-state index contributed by atoms with van der Waals surface area (Å²) in [6.45, 7) is 9.88. The standard InChI is InChI=1S/C16H24F2N2O2/c1-15(2,3)22-14(21)20-16(4,5)10-19-9-11-6-7-12(17)13(18)8-11/h6-8,19H,9-10H2,1-5H3,(H,20,21). The van der Waals surface area contributed by atoms with Crippen LogP contribution in [0.3, 0.4) is 0 Å². The first kappa shape index (κ1) is 18.4. The lowest BCUT2D eigenvalue weighted by Crippen LogP contribution is -2.51. The molecule has 0 radical (unpaired) electrons. The smallest absolute Gasteiger partial charge is 0.408 e. The average Bonchev–Trinajstić information content (AvgIpc) is 2.30. The number of hydrogen-bond donors (Lipinski definition) is 2. The zero-order valence-electron chi connectivity index (χ0n) is 13.7. The van der Waals surface area contributed by atoms with E-state index in [2.05, 4.69) is 10.6 Å². The molecule has 1 aromatic rings. The summed E-state index contributed by atoms with van der Waals surface area (Å²) in [5.41, 5.74) is -0.466. The molecule has 0 aliphatic heterocycles. The second kappa shape index (κ2) is 7.05. The van der Waals surface area contributed by atoms with Gasteiger partial charge in [-0.1, -0.05) is 6.07 Å². The molecule has 0 saturated heterocycles. The van der Waals surface area contributed by atoms with Gasteiger partial charge in [0.1, 0.15) is 5.60 Å². The van der Waals surface area contributed by atoms with Gasteiger partial charge in [0, 0.05) is 13.1 Å². The number of halogens is 2. The zero-order chi connectivity index (χ0) is 17.0. The molecule has 0 bridgehead atoms. The number of carbonyl (C=O) groups excluding carboxylic acids is 1. The highest BCUT2D eigenvalue weighted by Gasteiger charge is 2.24. The predicted molar refractivity (Wildman–Crippen MR) is 81.5 cm³/mol. The molecule has 0 heterocycles. The van der Waals surface area contributed by atoms with Gasteiger partial charge in [-0.25, -0.2) is 13.6 Å². The van der Waals surface area contributed by atoms with Gasteiger partial charge in [0.25, 0.3) is 0 Å². The molecule has 0 aliphatic carbocycles. The highest BCUT2D eigenvalue weighted by Crippen LogP contribution is 2.10. The van der Waals surface area contributed by atoms with E-state index in [0.29, 0.717) is 18.7 Å². The van der Waals surface area contributed by atoms with Crippen LogP contribution in [0, 0.1) is 11.6 Å². The maximum Gasteiger partial charge on any atom is 0.408 e. The summed E-state index contributed by atoms with van der Waals surface area (Å²) in [5, 5.41) is 5.86. The van der Waals surface area contributed by atoms with Gasteiger partial charge in [0.05, 0.1) is 5.54 Å². The molecule has 0 atom stereocenters. The molecule has 1 rings (SSSR count). The number of hydrogen-bond acceptors (Lipinski definition) is 3. The Bertz CT molecular complexity index is 525. The third kappa shape index (κ3) is 6.85. The lowest BCUT2D eigenvalue weighted by Gasteiger charge is -2.29. The lowest BCUT2D eigenvalue weighted by atomic mass is 10.1. The van der Waals surface area contributed by atoms with Gasteiger partial charge < -0.3 is 15.4 Å². The number of carbonyl (C=O) groups is 1. The van der Waals surface area contributed by atoms with E-state index in [9.17, 15) is 13.6 Å². The third-order valence-electron chi connectivity index (χ3n) is 2.72. The van der Waals surface area contributed by atoms with E-state index in [-0.39, 0.29) is 0 Å². The fourth-order valence-electron chi connectivity index (χ4n) is 1.79. The normalized spacial score (nSPS) is 12.1. The lowest BCUT2D eigenvalue weighted by molar-refractivity contribution is 0.0472. The SMILES string of the molecule is CC(C)(CNCc1ccc(F)c(F)c1)NC(=O)OC(C)(C)C. The van der Waals surface area contributed by atoms with Crippen LogP contribution in [0.1, 0.15) is 40.2 Å². The highest BCUT2D eigenvalue weighted by molar-refractivity contribution is 5.68. The maximum absolute atomic E-state index is 13.1. The monoisotopic (exact) mass is 314 g/mol. The van der Waals surface area contributed by atoms with Crippen LogP contribution in [0.15, 0.2) is 18.2 Å². The van der Waals surface area contributed by atoms with Gasteiger partial charge in [-0.05, 0) is 52.3 Å². The minimum absolute atomic E-state index is 0.372. The number of alkyl carbamates (subject to hydrolysis) is 1. The van der Waals surface area contributed by atoms with Crippen molar-refractivity contribution < 1.29 is 18.3 Å². The van der Waals surface area contributed by atoms with Crippen molar-refractivity contribution >= 4 is 6.09 Å². The predicted octanol–water partition coefficient (Wildman–Crippen LogP) is 3.36. The van der Waals surface area contributed by atoms with Crippen molar-refractivity contribution in [3.05, 3.63) is 35.4 Å². The first-order chi connectivity index (χ1) is 9.98. The summed E-state index contributed by atoms with van der Waals surface area (Å²) < 4.78 is 31.1. The Kier molecular flexibility index (Phi) is 5.88. The Balaban J connectivity index is 2.45. The van der Waals surface area contributed by atoms with Crippen molar-refractivity contribution in [2.45, 2.75) is 52.3 Å². The molecule has 1 aromatic carbocycles. The topological polar surface area (TPSA) is 50.4 Å². The Morgan fingerprint density at radius 2 is 1.77 bits per heavy atom. The minimum Gasteiger partial charge on any atom is -0.444 e. The van der Waals surface area contributed by atoms with Crippen LogP contribution in [0.5, 0.6) is 0 Å². The molecule has 0 fully saturated rings. The number of benzene rings is 1. The van der Waals surface area contributed by atoms with Crippen LogP contribution in [0.25, 0.3) is 0 Å². The van der Waals surface area contributed by atoms with Gasteiger partial charge in [-0.15, -0.1) is 0 Å². The van der Waals surface area contributed by atoms with Crippen molar-refractivity contribution in [1.82, 2.24) is 10.6 Å². The van der Waals surface area contributed by atoms with Crippen molar-refractivity contribution in [2.24, 2.45) is 0 Å². The summed E-state index contributed by atoms with van der Waals surface area (Å²) >= 11 is 0. The van der Waals surface area contributed by atoms with Gasteiger partial charge in [0.15, 0.2) is 11.6 Å². The van der Waals surface area contributed by atoms with E-state index in [1.54, 1.807) is 20.8 Å². The maximum atomic E-state index is 13.1. The molecule has 0 spiro atoms. The van der Waals surface area contributed by atoms with Crippen LogP contribution >= 0.6 is 0 Å². The number of rotatable bonds is 5. The molecule has 0 aliphatic rings. The number of amides is 1. The Labute approximate surface area is 130 Å². The highest BCUT2D eigenvalue weighted by atomic mass is 19.2. The molecule has 4 nitrogen and oxygen atoms in total. The fourth-order valence-corrected chi connectivity index (χ4v) is 1.79. The van der Waals surface area contributed by atoms with Crippen LogP contribution in [-0.2, 0) is 11.3 Å². The fraction of sp³-hybridized carbons (Fsp3) is 0.562. The molecule has 0 unspecified atom stereocenters. The molecule has 6 heteroatoms. The molecule has 22 heavy (non-hydrogen) atoms. The van der Waals surface area contributed by atoms with Crippen LogP contribution in [0.4, 0.5) is 13.6 Å². The first-order valence-electron chi connectivity index (χ1n) is 7.14. The van der Waals surface area contributed by atoms with Gasteiger partial charge in [0.2, 0.25) is 0 Å². The van der Waals surface area contributed by atoms with Crippen LogP contribution in [0.2, 0.25) is 0 Å². The quantitative estimate of drug-likeness (QED) is 0.876. The van der Waals surface area contributed by atoms with Crippen LogP contribution in [-0.4, -0.2) is 23.8 Å². The van der Waals surface area contributed by atoms with Gasteiger partial charge in [-0.2, -0.15) is 0 Å². The summed E-state index contributed by atoms with van der Waals surface area (Å²) in [5.74, 6) is -1.74. The minimum atomic E-state index is -0.870. The Hall–Kier alpha value is -1.69. The van der Waals surface area contributed by atoms with E-state index >= 15 is 0 Å². The summed E-state index contributed by atoms with van der Waals surface area (Å²) in [6.07, 6.45) is -0.493. The zero-order valence-corrected chi connectivity index (χ0v) is 13.7. The molecule has 0 saturated carbocycles. The Morgan fingerprint density at radius 1 is 1.14 bits per heavy atom. The Morgan fingerprint density at radius 3 is 2.32 bits per heavy atom. The van der Waals surface area contributed by atoms with E-state index in [4.69, 9.17) is 4.74 Å². The summed E-state index contributed by atoms with van der Waals surface area (Å²) in [6, 6.07) is 3.76. The molecular formula is C16H24F2N2O2.